The van der Waals surface area contributed by atoms with Gasteiger partial charge in [-0.15, -0.1) is 0 Å². The molecule has 3 rings (SSSR count). The van der Waals surface area contributed by atoms with E-state index < -0.39 is 10.9 Å². The number of rotatable bonds is 8. The van der Waals surface area contributed by atoms with Crippen LogP contribution in [-0.4, -0.2) is 42.9 Å². The van der Waals surface area contributed by atoms with Gasteiger partial charge in [0, 0.05) is 22.5 Å². The summed E-state index contributed by atoms with van der Waals surface area (Å²) in [5.74, 6) is 2.05. The molecule has 0 aliphatic carbocycles. The normalized spacial score (nSPS) is 12.0. The number of aromatic nitrogens is 2. The molecule has 0 aliphatic rings. The van der Waals surface area contributed by atoms with E-state index in [0.717, 1.165) is 17.7 Å². The highest BCUT2D eigenvalue weighted by Gasteiger charge is 2.25. The second-order valence-corrected chi connectivity index (χ2v) is 8.89. The number of hydrogen-bond donors (Lipinski definition) is 0. The smallest absolute Gasteiger partial charge is 0.307 e. The fourth-order valence-electron chi connectivity index (χ4n) is 3.50. The van der Waals surface area contributed by atoms with E-state index in [4.69, 9.17) is 14.2 Å². The first-order valence-corrected chi connectivity index (χ1v) is 11.4. The second-order valence-electron chi connectivity index (χ2n) is 6.80. The Morgan fingerprint density at radius 3 is 2.37 bits per heavy atom. The SMILES string of the molecule is CCC[S+](C)c1c([O-])c2cccnc2n(Cc2cc(OC)c(OC)c(OC)c2)c1=O. The number of methoxy groups -OCH3 is 3. The molecule has 0 fully saturated rings. The van der Waals surface area contributed by atoms with Gasteiger partial charge in [0.1, 0.15) is 17.7 Å². The Morgan fingerprint density at radius 1 is 1.13 bits per heavy atom. The summed E-state index contributed by atoms with van der Waals surface area (Å²) in [6.07, 6.45) is 4.44. The van der Waals surface area contributed by atoms with E-state index in [1.54, 1.807) is 49.2 Å². The molecule has 2 heterocycles. The molecule has 0 saturated heterocycles. The van der Waals surface area contributed by atoms with Crippen molar-refractivity contribution in [3.63, 3.8) is 0 Å². The van der Waals surface area contributed by atoms with E-state index in [9.17, 15) is 9.90 Å². The van der Waals surface area contributed by atoms with Gasteiger partial charge in [-0.2, -0.15) is 0 Å². The standard InChI is InChI=1S/C22H26N2O5S/c1-6-10-30(5)20-18(25)15-8-7-9-23-21(15)24(22(20)26)13-14-11-16(27-2)19(29-4)17(12-14)28-3/h7-9,11-12H,6,10,13H2,1-5H3. The maximum absolute atomic E-state index is 13.4. The Morgan fingerprint density at radius 2 is 1.80 bits per heavy atom. The van der Waals surface area contributed by atoms with Gasteiger partial charge in [0.15, 0.2) is 11.5 Å². The summed E-state index contributed by atoms with van der Waals surface area (Å²) in [6, 6.07) is 7.04. The van der Waals surface area contributed by atoms with Crippen LogP contribution in [0.2, 0.25) is 0 Å². The van der Waals surface area contributed by atoms with E-state index in [1.807, 2.05) is 13.2 Å². The van der Waals surface area contributed by atoms with Gasteiger partial charge in [0.05, 0.1) is 27.9 Å². The van der Waals surface area contributed by atoms with E-state index in [-0.39, 0.29) is 17.9 Å². The first-order chi connectivity index (χ1) is 14.5. The average Bonchev–Trinajstić information content (AvgIpc) is 2.76. The Bertz CT molecular complexity index is 1090. The van der Waals surface area contributed by atoms with Gasteiger partial charge in [-0.3, -0.25) is 9.36 Å². The first kappa shape index (κ1) is 21.8. The van der Waals surface area contributed by atoms with E-state index in [1.165, 1.54) is 7.11 Å². The second kappa shape index (κ2) is 9.30. The highest BCUT2D eigenvalue weighted by Crippen LogP contribution is 2.38. The highest BCUT2D eigenvalue weighted by molar-refractivity contribution is 7.96. The lowest BCUT2D eigenvalue weighted by Crippen LogP contribution is -2.30. The zero-order chi connectivity index (χ0) is 21.8. The van der Waals surface area contributed by atoms with Gasteiger partial charge in [0.2, 0.25) is 10.6 Å². The molecule has 0 spiro atoms. The molecule has 0 radical (unpaired) electrons. The van der Waals surface area contributed by atoms with Crippen LogP contribution in [0.15, 0.2) is 40.2 Å². The lowest BCUT2D eigenvalue weighted by atomic mass is 10.1. The van der Waals surface area contributed by atoms with Crippen molar-refractivity contribution in [2.45, 2.75) is 24.8 Å². The van der Waals surface area contributed by atoms with Crippen LogP contribution in [0, 0.1) is 0 Å². The Kier molecular flexibility index (Phi) is 6.77. The third kappa shape index (κ3) is 3.92. The average molecular weight is 431 g/mol. The molecule has 0 bridgehead atoms. The van der Waals surface area contributed by atoms with Crippen molar-refractivity contribution in [3.05, 3.63) is 46.4 Å². The lowest BCUT2D eigenvalue weighted by Gasteiger charge is -2.19. The Labute approximate surface area is 178 Å². The minimum absolute atomic E-state index is 0.219. The van der Waals surface area contributed by atoms with Gasteiger partial charge in [-0.1, -0.05) is 13.0 Å². The molecule has 2 aromatic heterocycles. The number of benzene rings is 1. The fourth-order valence-corrected chi connectivity index (χ4v) is 5.15. The van der Waals surface area contributed by atoms with Crippen LogP contribution in [0.1, 0.15) is 18.9 Å². The Balaban J connectivity index is 2.23. The van der Waals surface area contributed by atoms with Crippen molar-refractivity contribution in [3.8, 4) is 23.0 Å². The summed E-state index contributed by atoms with van der Waals surface area (Å²) < 4.78 is 17.8. The van der Waals surface area contributed by atoms with E-state index >= 15 is 0 Å². The number of hydrogen-bond acceptors (Lipinski definition) is 6. The number of nitrogens with zero attached hydrogens (tertiary/aromatic N) is 2. The van der Waals surface area contributed by atoms with Gasteiger partial charge in [-0.05, 0) is 35.9 Å². The predicted octanol–water partition coefficient (Wildman–Crippen LogP) is 2.56. The molecule has 30 heavy (non-hydrogen) atoms. The third-order valence-electron chi connectivity index (χ3n) is 4.86. The minimum atomic E-state index is -0.441. The maximum Gasteiger partial charge on any atom is 0.307 e. The van der Waals surface area contributed by atoms with Crippen LogP contribution in [0.25, 0.3) is 11.0 Å². The molecule has 8 heteroatoms. The van der Waals surface area contributed by atoms with Crippen LogP contribution < -0.4 is 24.9 Å². The highest BCUT2D eigenvalue weighted by atomic mass is 32.2. The molecule has 0 saturated carbocycles. The van der Waals surface area contributed by atoms with Crippen molar-refractivity contribution >= 4 is 21.9 Å². The molecule has 1 unspecified atom stereocenters. The molecular formula is C22H26N2O5S. The number of fused-ring (bicyclic) bond motifs is 1. The molecule has 160 valence electrons. The summed E-state index contributed by atoms with van der Waals surface area (Å²) in [6.45, 7) is 2.27. The summed E-state index contributed by atoms with van der Waals surface area (Å²) in [5, 5.41) is 13.5. The monoisotopic (exact) mass is 430 g/mol. The first-order valence-electron chi connectivity index (χ1n) is 9.56. The van der Waals surface area contributed by atoms with Crippen LogP contribution in [0.3, 0.4) is 0 Å². The van der Waals surface area contributed by atoms with Gasteiger partial charge < -0.3 is 19.3 Å². The van der Waals surface area contributed by atoms with Crippen molar-refractivity contribution in [1.82, 2.24) is 9.55 Å². The third-order valence-corrected chi connectivity index (χ3v) is 6.93. The maximum atomic E-state index is 13.4. The minimum Gasteiger partial charge on any atom is -0.868 e. The van der Waals surface area contributed by atoms with Crippen molar-refractivity contribution < 1.29 is 19.3 Å². The summed E-state index contributed by atoms with van der Waals surface area (Å²) >= 11 is 0. The van der Waals surface area contributed by atoms with Crippen molar-refractivity contribution in [1.29, 1.82) is 0 Å². The van der Waals surface area contributed by atoms with Gasteiger partial charge >= 0.3 is 5.56 Å². The molecule has 1 aromatic carbocycles. The molecule has 3 aromatic rings. The molecule has 0 N–H and O–H groups in total. The van der Waals surface area contributed by atoms with Crippen LogP contribution in [0.4, 0.5) is 0 Å². The molecule has 1 atom stereocenters. The van der Waals surface area contributed by atoms with Gasteiger partial charge in [0.25, 0.3) is 0 Å². The molecule has 0 amide bonds. The van der Waals surface area contributed by atoms with E-state index in [2.05, 4.69) is 4.98 Å². The summed E-state index contributed by atoms with van der Waals surface area (Å²) in [5.41, 5.74) is 0.854. The zero-order valence-corrected chi connectivity index (χ0v) is 18.7. The van der Waals surface area contributed by atoms with Gasteiger partial charge in [-0.25, -0.2) is 4.98 Å². The zero-order valence-electron chi connectivity index (χ0n) is 17.9. The topological polar surface area (TPSA) is 85.6 Å². The predicted molar refractivity (Wildman–Crippen MR) is 117 cm³/mol. The fraction of sp³-hybridized carbons (Fsp3) is 0.364. The number of pyridine rings is 2. The van der Waals surface area contributed by atoms with E-state index in [0.29, 0.717) is 33.2 Å². The summed E-state index contributed by atoms with van der Waals surface area (Å²) in [7, 11) is 4.19. The molecule has 7 nitrogen and oxygen atoms in total. The number of ether oxygens (including phenoxy) is 3. The van der Waals surface area contributed by atoms with Crippen LogP contribution in [-0.2, 0) is 17.4 Å². The van der Waals surface area contributed by atoms with Crippen molar-refractivity contribution in [2.24, 2.45) is 0 Å². The largest absolute Gasteiger partial charge is 0.868 e. The van der Waals surface area contributed by atoms with Crippen LogP contribution in [0.5, 0.6) is 23.0 Å². The molecular weight excluding hydrogens is 404 g/mol. The summed E-state index contributed by atoms with van der Waals surface area (Å²) in [4.78, 5) is 18.1. The lowest BCUT2D eigenvalue weighted by molar-refractivity contribution is -0.270. The quantitative estimate of drug-likeness (QED) is 0.511. The van der Waals surface area contributed by atoms with Crippen molar-refractivity contribution in [2.75, 3.05) is 33.3 Å². The Hall–Kier alpha value is -2.87. The molecule has 0 aliphatic heterocycles. The van der Waals surface area contributed by atoms with Crippen LogP contribution >= 0.6 is 0 Å².